The van der Waals surface area contributed by atoms with Crippen LogP contribution in [-0.2, 0) is 14.3 Å². The van der Waals surface area contributed by atoms with Crippen molar-refractivity contribution < 1.29 is 19.4 Å². The molecule has 2 unspecified atom stereocenters. The Balaban J connectivity index is 2.31. The summed E-state index contributed by atoms with van der Waals surface area (Å²) in [6, 6.07) is 0. The van der Waals surface area contributed by atoms with E-state index in [4.69, 9.17) is 4.74 Å². The molecule has 2 bridgehead atoms. The van der Waals surface area contributed by atoms with E-state index in [9.17, 15) is 14.7 Å². The summed E-state index contributed by atoms with van der Waals surface area (Å²) in [4.78, 5) is 23.1. The number of imide groups is 1. The fourth-order valence-corrected chi connectivity index (χ4v) is 2.59. The van der Waals surface area contributed by atoms with Gasteiger partial charge in [0.1, 0.15) is 11.4 Å². The summed E-state index contributed by atoms with van der Waals surface area (Å²) in [7, 11) is 0. The van der Waals surface area contributed by atoms with Gasteiger partial charge in [-0.1, -0.05) is 0 Å². The number of hydrogen-bond acceptors (Lipinski definition) is 4. The number of ether oxygens (including phenoxy) is 1. The van der Waals surface area contributed by atoms with Crippen molar-refractivity contribution in [3.8, 4) is 0 Å². The maximum absolute atomic E-state index is 11.5. The van der Waals surface area contributed by atoms with E-state index in [1.165, 1.54) is 6.08 Å². The molecule has 0 aromatic rings. The summed E-state index contributed by atoms with van der Waals surface area (Å²) in [5, 5.41) is 11.9. The third-order valence-corrected chi connectivity index (χ3v) is 3.22. The standard InChI is InChI=1S/C10H9NO4/c1-9-3-4(12)10(2,15-9)6-5(9)7(13)11-8(6)14/h3,12H,1-2H3,(H,11,13,14). The summed E-state index contributed by atoms with van der Waals surface area (Å²) in [5.41, 5.74) is -1.55. The highest BCUT2D eigenvalue weighted by atomic mass is 16.5. The van der Waals surface area contributed by atoms with Crippen LogP contribution in [-0.4, -0.2) is 28.1 Å². The topological polar surface area (TPSA) is 75.6 Å². The molecule has 2 amide bonds. The Bertz CT molecular complexity index is 490. The molecule has 3 heterocycles. The van der Waals surface area contributed by atoms with E-state index in [0.717, 1.165) is 0 Å². The first kappa shape index (κ1) is 8.67. The van der Waals surface area contributed by atoms with Crippen LogP contribution in [0.5, 0.6) is 0 Å². The van der Waals surface area contributed by atoms with Crippen LogP contribution in [0.2, 0.25) is 0 Å². The summed E-state index contributed by atoms with van der Waals surface area (Å²) in [5.74, 6) is -0.903. The minimum Gasteiger partial charge on any atom is -0.509 e. The van der Waals surface area contributed by atoms with E-state index in [-0.39, 0.29) is 11.3 Å². The molecule has 5 nitrogen and oxygen atoms in total. The molecule has 0 saturated heterocycles. The molecule has 2 N–H and O–H groups in total. The summed E-state index contributed by atoms with van der Waals surface area (Å²) < 4.78 is 5.57. The molecule has 0 fully saturated rings. The largest absolute Gasteiger partial charge is 0.509 e. The molecule has 0 spiro atoms. The third-order valence-electron chi connectivity index (χ3n) is 3.22. The van der Waals surface area contributed by atoms with E-state index < -0.39 is 23.0 Å². The number of aliphatic hydroxyl groups excluding tert-OH is 1. The second-order valence-corrected chi connectivity index (χ2v) is 4.31. The molecule has 0 radical (unpaired) electrons. The van der Waals surface area contributed by atoms with Crippen LogP contribution in [0.4, 0.5) is 0 Å². The predicted octanol–water partition coefficient (Wildman–Crippen LogP) is -0.0575. The number of rotatable bonds is 0. The van der Waals surface area contributed by atoms with Crippen molar-refractivity contribution in [2.45, 2.75) is 25.0 Å². The lowest BCUT2D eigenvalue weighted by Gasteiger charge is -2.23. The van der Waals surface area contributed by atoms with Gasteiger partial charge in [-0.2, -0.15) is 0 Å². The number of hydrogen-bond donors (Lipinski definition) is 2. The highest BCUT2D eigenvalue weighted by molar-refractivity contribution is 6.22. The monoisotopic (exact) mass is 207 g/mol. The molecule has 3 aliphatic heterocycles. The maximum atomic E-state index is 11.5. The predicted molar refractivity (Wildman–Crippen MR) is 48.8 cm³/mol. The molecule has 5 heteroatoms. The molecule has 2 atom stereocenters. The Morgan fingerprint density at radius 1 is 1.27 bits per heavy atom. The molecule has 3 aliphatic rings. The molecule has 0 aliphatic carbocycles. The van der Waals surface area contributed by atoms with Crippen LogP contribution in [0.3, 0.4) is 0 Å². The van der Waals surface area contributed by atoms with Gasteiger partial charge in [0.05, 0.1) is 11.1 Å². The summed E-state index contributed by atoms with van der Waals surface area (Å²) in [6.45, 7) is 3.25. The van der Waals surface area contributed by atoms with Gasteiger partial charge >= 0.3 is 0 Å². The Labute approximate surface area is 85.4 Å². The van der Waals surface area contributed by atoms with Gasteiger partial charge in [-0.15, -0.1) is 0 Å². The average Bonchev–Trinajstić information content (AvgIpc) is 2.58. The number of nitrogens with one attached hydrogen (secondary N) is 1. The van der Waals surface area contributed by atoms with Crippen LogP contribution in [0, 0.1) is 0 Å². The van der Waals surface area contributed by atoms with Crippen LogP contribution in [0.25, 0.3) is 0 Å². The first-order valence-corrected chi connectivity index (χ1v) is 4.62. The zero-order chi connectivity index (χ0) is 11.0. The van der Waals surface area contributed by atoms with Crippen molar-refractivity contribution in [3.05, 3.63) is 23.0 Å². The minimum atomic E-state index is -1.15. The molecule has 0 aromatic heterocycles. The molecule has 3 rings (SSSR count). The Morgan fingerprint density at radius 2 is 1.87 bits per heavy atom. The second-order valence-electron chi connectivity index (χ2n) is 4.31. The van der Waals surface area contributed by atoms with E-state index in [1.807, 2.05) is 0 Å². The third kappa shape index (κ3) is 0.709. The Kier molecular flexibility index (Phi) is 1.15. The van der Waals surface area contributed by atoms with Gasteiger partial charge in [0, 0.05) is 0 Å². The molecule has 15 heavy (non-hydrogen) atoms. The summed E-state index contributed by atoms with van der Waals surface area (Å²) >= 11 is 0. The number of aliphatic hydroxyl groups is 1. The lowest BCUT2D eigenvalue weighted by atomic mass is 9.83. The molecular formula is C10H9NO4. The van der Waals surface area contributed by atoms with E-state index in [1.54, 1.807) is 13.8 Å². The van der Waals surface area contributed by atoms with Crippen molar-refractivity contribution >= 4 is 11.8 Å². The number of fused-ring (bicyclic) bond motifs is 4. The van der Waals surface area contributed by atoms with Crippen molar-refractivity contribution in [2.75, 3.05) is 0 Å². The quantitative estimate of drug-likeness (QED) is 0.546. The van der Waals surface area contributed by atoms with Gasteiger partial charge in [0.2, 0.25) is 0 Å². The highest BCUT2D eigenvalue weighted by Gasteiger charge is 2.63. The van der Waals surface area contributed by atoms with Crippen molar-refractivity contribution in [1.29, 1.82) is 0 Å². The fourth-order valence-electron chi connectivity index (χ4n) is 2.59. The molecule has 0 saturated carbocycles. The van der Waals surface area contributed by atoms with Gasteiger partial charge < -0.3 is 9.84 Å². The highest BCUT2D eigenvalue weighted by Crippen LogP contribution is 2.53. The smallest absolute Gasteiger partial charge is 0.258 e. The van der Waals surface area contributed by atoms with Gasteiger partial charge in [-0.25, -0.2) is 0 Å². The van der Waals surface area contributed by atoms with Crippen LogP contribution in [0.1, 0.15) is 13.8 Å². The number of amides is 2. The lowest BCUT2D eigenvalue weighted by Crippen LogP contribution is -2.38. The Hall–Kier alpha value is -1.62. The number of carbonyl (C=O) groups is 2. The van der Waals surface area contributed by atoms with E-state index >= 15 is 0 Å². The van der Waals surface area contributed by atoms with Gasteiger partial charge in [-0.3, -0.25) is 14.9 Å². The average molecular weight is 207 g/mol. The zero-order valence-corrected chi connectivity index (χ0v) is 8.25. The number of carbonyl (C=O) groups excluding carboxylic acids is 2. The van der Waals surface area contributed by atoms with Crippen molar-refractivity contribution in [1.82, 2.24) is 5.32 Å². The van der Waals surface area contributed by atoms with Crippen LogP contribution >= 0.6 is 0 Å². The first-order chi connectivity index (χ1) is 6.88. The maximum Gasteiger partial charge on any atom is 0.258 e. The summed E-state index contributed by atoms with van der Waals surface area (Å²) in [6.07, 6.45) is 1.48. The normalized spacial score (nSPS) is 42.1. The van der Waals surface area contributed by atoms with Crippen molar-refractivity contribution in [2.24, 2.45) is 0 Å². The van der Waals surface area contributed by atoms with Crippen molar-refractivity contribution in [3.63, 3.8) is 0 Å². The van der Waals surface area contributed by atoms with Gasteiger partial charge in [0.15, 0.2) is 5.60 Å². The lowest BCUT2D eigenvalue weighted by molar-refractivity contribution is -0.128. The zero-order valence-electron chi connectivity index (χ0n) is 8.25. The van der Waals surface area contributed by atoms with E-state index in [0.29, 0.717) is 5.57 Å². The minimum absolute atomic E-state index is 0.00593. The Morgan fingerprint density at radius 3 is 2.53 bits per heavy atom. The van der Waals surface area contributed by atoms with Gasteiger partial charge in [-0.05, 0) is 19.9 Å². The van der Waals surface area contributed by atoms with Crippen LogP contribution in [0.15, 0.2) is 23.0 Å². The van der Waals surface area contributed by atoms with Crippen LogP contribution < -0.4 is 5.32 Å². The molecular weight excluding hydrogens is 198 g/mol. The second kappa shape index (κ2) is 1.99. The molecule has 0 aromatic carbocycles. The fraction of sp³-hybridized carbons (Fsp3) is 0.400. The van der Waals surface area contributed by atoms with Gasteiger partial charge in [0.25, 0.3) is 11.8 Å². The van der Waals surface area contributed by atoms with E-state index in [2.05, 4.69) is 5.32 Å². The molecule has 78 valence electrons. The first-order valence-electron chi connectivity index (χ1n) is 4.62. The SMILES string of the molecule is CC12C=C(O)C(C)(O1)C1=C2C(=O)NC1=O.